The minimum atomic E-state index is 0.660. The highest BCUT2D eigenvalue weighted by atomic mass is 32.1. The fraction of sp³-hybridized carbons (Fsp3) is 0.235. The van der Waals surface area contributed by atoms with Crippen molar-refractivity contribution in [1.82, 2.24) is 25.7 Å². The average molecular weight is 340 g/mol. The molecule has 1 saturated heterocycles. The molecule has 0 unspecified atom stereocenters. The number of pyridine rings is 2. The Bertz CT molecular complexity index is 683. The van der Waals surface area contributed by atoms with Crippen LogP contribution < -0.4 is 15.8 Å². The van der Waals surface area contributed by atoms with Crippen molar-refractivity contribution in [1.29, 1.82) is 0 Å². The zero-order valence-corrected chi connectivity index (χ0v) is 14.2. The molecule has 1 aliphatic rings. The van der Waals surface area contributed by atoms with E-state index >= 15 is 0 Å². The summed E-state index contributed by atoms with van der Waals surface area (Å²) in [4.78, 5) is 13.0. The molecule has 0 aromatic carbocycles. The van der Waals surface area contributed by atoms with Gasteiger partial charge in [0.2, 0.25) is 0 Å². The van der Waals surface area contributed by atoms with Gasteiger partial charge < -0.3 is 9.80 Å². The van der Waals surface area contributed by atoms with Crippen molar-refractivity contribution in [2.24, 2.45) is 0 Å². The van der Waals surface area contributed by atoms with Crippen LogP contribution in [0.3, 0.4) is 0 Å². The van der Waals surface area contributed by atoms with E-state index in [0.717, 1.165) is 37.7 Å². The Kier molecular flexibility index (Phi) is 5.22. The summed E-state index contributed by atoms with van der Waals surface area (Å²) in [7, 11) is 0. The molecule has 2 aromatic heterocycles. The van der Waals surface area contributed by atoms with E-state index in [4.69, 9.17) is 12.2 Å². The summed E-state index contributed by atoms with van der Waals surface area (Å²) in [6.07, 6.45) is 3.55. The molecule has 0 radical (unpaired) electrons. The largest absolute Gasteiger partial charge is 0.353 e. The molecule has 0 amide bonds. The second kappa shape index (κ2) is 7.74. The SMILES string of the molecule is C=C(NNC(=S)N1CCN(c2ccccn2)CC1)c1ccccn1. The van der Waals surface area contributed by atoms with Gasteiger partial charge in [0.15, 0.2) is 5.11 Å². The van der Waals surface area contributed by atoms with Crippen molar-refractivity contribution < 1.29 is 0 Å². The van der Waals surface area contributed by atoms with Crippen LogP contribution in [-0.2, 0) is 0 Å². The van der Waals surface area contributed by atoms with Gasteiger partial charge in [0.1, 0.15) is 5.82 Å². The van der Waals surface area contributed by atoms with Gasteiger partial charge >= 0.3 is 0 Å². The fourth-order valence-electron chi connectivity index (χ4n) is 2.49. The van der Waals surface area contributed by atoms with E-state index in [1.54, 1.807) is 6.20 Å². The van der Waals surface area contributed by atoms with Crippen LogP contribution in [0.4, 0.5) is 5.82 Å². The highest BCUT2D eigenvalue weighted by Gasteiger charge is 2.19. The van der Waals surface area contributed by atoms with Gasteiger partial charge in [0.25, 0.3) is 0 Å². The quantitative estimate of drug-likeness (QED) is 0.648. The number of hydrogen-bond acceptors (Lipinski definition) is 5. The molecule has 1 fully saturated rings. The molecule has 0 bridgehead atoms. The molecule has 0 atom stereocenters. The summed E-state index contributed by atoms with van der Waals surface area (Å²) in [5.41, 5.74) is 7.53. The topological polar surface area (TPSA) is 56.3 Å². The van der Waals surface area contributed by atoms with Gasteiger partial charge in [-0.2, -0.15) is 0 Å². The number of thiocarbonyl (C=S) groups is 1. The van der Waals surface area contributed by atoms with Gasteiger partial charge in [-0.25, -0.2) is 4.98 Å². The third kappa shape index (κ3) is 3.99. The van der Waals surface area contributed by atoms with E-state index in [9.17, 15) is 0 Å². The Labute approximate surface area is 147 Å². The number of hydrogen-bond donors (Lipinski definition) is 2. The summed E-state index contributed by atoms with van der Waals surface area (Å²) in [5, 5.41) is 0.660. The van der Waals surface area contributed by atoms with Gasteiger partial charge in [-0.3, -0.25) is 15.8 Å². The van der Waals surface area contributed by atoms with Crippen LogP contribution in [0.1, 0.15) is 5.69 Å². The van der Waals surface area contributed by atoms with E-state index < -0.39 is 0 Å². The molecule has 1 aliphatic heterocycles. The minimum absolute atomic E-state index is 0.660. The van der Waals surface area contributed by atoms with Crippen molar-refractivity contribution in [3.05, 3.63) is 61.1 Å². The molecular formula is C17H20N6S. The third-order valence-corrected chi connectivity index (χ3v) is 4.19. The molecule has 7 heteroatoms. The van der Waals surface area contributed by atoms with Crippen molar-refractivity contribution in [3.8, 4) is 0 Å². The minimum Gasteiger partial charge on any atom is -0.353 e. The van der Waals surface area contributed by atoms with Crippen LogP contribution in [0.5, 0.6) is 0 Å². The summed E-state index contributed by atoms with van der Waals surface area (Å²) < 4.78 is 0. The lowest BCUT2D eigenvalue weighted by Gasteiger charge is -2.36. The highest BCUT2D eigenvalue weighted by Crippen LogP contribution is 2.12. The second-order valence-corrected chi connectivity index (χ2v) is 5.80. The lowest BCUT2D eigenvalue weighted by Crippen LogP contribution is -2.54. The maximum Gasteiger partial charge on any atom is 0.187 e. The molecule has 0 aliphatic carbocycles. The highest BCUT2D eigenvalue weighted by molar-refractivity contribution is 7.80. The molecule has 2 aromatic rings. The number of anilines is 1. The van der Waals surface area contributed by atoms with Crippen LogP contribution in [0.2, 0.25) is 0 Å². The first-order valence-electron chi connectivity index (χ1n) is 7.81. The summed E-state index contributed by atoms with van der Waals surface area (Å²) in [6.45, 7) is 7.44. The van der Waals surface area contributed by atoms with Crippen molar-refractivity contribution in [3.63, 3.8) is 0 Å². The lowest BCUT2D eigenvalue weighted by molar-refractivity contribution is 0.377. The number of hydrazine groups is 1. The van der Waals surface area contributed by atoms with Gasteiger partial charge in [-0.15, -0.1) is 0 Å². The zero-order valence-electron chi connectivity index (χ0n) is 13.4. The van der Waals surface area contributed by atoms with Gasteiger partial charge in [-0.1, -0.05) is 18.7 Å². The second-order valence-electron chi connectivity index (χ2n) is 5.41. The maximum atomic E-state index is 5.45. The van der Waals surface area contributed by atoms with Crippen LogP contribution >= 0.6 is 12.2 Å². The number of nitrogens with zero attached hydrogens (tertiary/aromatic N) is 4. The molecule has 24 heavy (non-hydrogen) atoms. The maximum absolute atomic E-state index is 5.45. The molecule has 3 rings (SSSR count). The van der Waals surface area contributed by atoms with Crippen molar-refractivity contribution in [2.75, 3.05) is 31.1 Å². The normalized spacial score (nSPS) is 14.2. The molecule has 6 nitrogen and oxygen atoms in total. The summed E-state index contributed by atoms with van der Waals surface area (Å²) >= 11 is 5.45. The molecule has 0 spiro atoms. The third-order valence-electron chi connectivity index (χ3n) is 3.83. The fourth-order valence-corrected chi connectivity index (χ4v) is 2.73. The lowest BCUT2D eigenvalue weighted by atomic mass is 10.3. The Morgan fingerprint density at radius 3 is 2.29 bits per heavy atom. The molecule has 2 N–H and O–H groups in total. The zero-order chi connectivity index (χ0) is 16.8. The van der Waals surface area contributed by atoms with E-state index in [1.165, 1.54) is 0 Å². The Balaban J connectivity index is 1.46. The van der Waals surface area contributed by atoms with Gasteiger partial charge in [0, 0.05) is 38.6 Å². The van der Waals surface area contributed by atoms with Crippen LogP contribution in [0.25, 0.3) is 5.70 Å². The smallest absolute Gasteiger partial charge is 0.187 e. The summed E-state index contributed by atoms with van der Waals surface area (Å²) in [5.74, 6) is 1.01. The average Bonchev–Trinajstić information content (AvgIpc) is 2.67. The number of aromatic nitrogens is 2. The number of rotatable bonds is 4. The molecule has 0 saturated carbocycles. The standard InChI is InChI=1S/C17H20N6S/c1-14(15-6-2-4-8-18-15)20-21-17(24)23-12-10-22(11-13-23)16-7-3-5-9-19-16/h2-9,20H,1,10-13H2,(H,21,24). The monoisotopic (exact) mass is 340 g/mol. The van der Waals surface area contributed by atoms with E-state index in [2.05, 4.69) is 37.2 Å². The van der Waals surface area contributed by atoms with Crippen LogP contribution in [-0.4, -0.2) is 46.2 Å². The summed E-state index contributed by atoms with van der Waals surface area (Å²) in [6, 6.07) is 11.7. The predicted octanol–water partition coefficient (Wildman–Crippen LogP) is 1.65. The molecule has 124 valence electrons. The number of piperazine rings is 1. The van der Waals surface area contributed by atoms with Crippen LogP contribution in [0, 0.1) is 0 Å². The number of nitrogens with one attached hydrogen (secondary N) is 2. The van der Waals surface area contributed by atoms with Gasteiger partial charge in [-0.05, 0) is 36.5 Å². The van der Waals surface area contributed by atoms with Crippen molar-refractivity contribution >= 4 is 28.8 Å². The van der Waals surface area contributed by atoms with E-state index in [0.29, 0.717) is 10.8 Å². The Morgan fingerprint density at radius 2 is 1.67 bits per heavy atom. The molecule has 3 heterocycles. The van der Waals surface area contributed by atoms with E-state index in [1.807, 2.05) is 42.6 Å². The first kappa shape index (κ1) is 16.2. The van der Waals surface area contributed by atoms with Gasteiger partial charge in [0.05, 0.1) is 11.4 Å². The predicted molar refractivity (Wildman–Crippen MR) is 100 cm³/mol. The Morgan fingerprint density at radius 1 is 0.958 bits per heavy atom. The molecular weight excluding hydrogens is 320 g/mol. The Hall–Kier alpha value is -2.67. The first-order chi connectivity index (χ1) is 11.7. The van der Waals surface area contributed by atoms with Crippen molar-refractivity contribution in [2.45, 2.75) is 0 Å². The van der Waals surface area contributed by atoms with Crippen LogP contribution in [0.15, 0.2) is 55.4 Å². The first-order valence-corrected chi connectivity index (χ1v) is 8.22. The van der Waals surface area contributed by atoms with E-state index in [-0.39, 0.29) is 0 Å².